The molecule has 4 nitrogen and oxygen atoms in total. The van der Waals surface area contributed by atoms with Gasteiger partial charge in [-0.15, -0.1) is 0 Å². The van der Waals surface area contributed by atoms with Crippen LogP contribution in [0.1, 0.15) is 27.7 Å². The van der Waals surface area contributed by atoms with Crippen molar-refractivity contribution in [1.29, 1.82) is 5.26 Å². The van der Waals surface area contributed by atoms with E-state index in [9.17, 15) is 4.79 Å². The minimum absolute atomic E-state index is 0.0216. The summed E-state index contributed by atoms with van der Waals surface area (Å²) in [4.78, 5) is 14.0. The van der Waals surface area contributed by atoms with E-state index >= 15 is 0 Å². The molecule has 0 spiro atoms. The molecule has 0 saturated heterocycles. The van der Waals surface area contributed by atoms with Crippen LogP contribution in [-0.2, 0) is 0 Å². The Balaban J connectivity index is 2.04. The highest BCUT2D eigenvalue weighted by Crippen LogP contribution is 2.31. The van der Waals surface area contributed by atoms with Crippen molar-refractivity contribution < 1.29 is 4.79 Å². The summed E-state index contributed by atoms with van der Waals surface area (Å²) in [7, 11) is 1.76. The van der Waals surface area contributed by atoms with Gasteiger partial charge in [-0.25, -0.2) is 0 Å². The number of carbonyl (C=O) groups is 1. The normalized spacial score (nSPS) is 17.1. The summed E-state index contributed by atoms with van der Waals surface area (Å²) in [5.41, 5.74) is 2.98. The van der Waals surface area contributed by atoms with E-state index in [0.717, 1.165) is 11.3 Å². The van der Waals surface area contributed by atoms with Gasteiger partial charge in [-0.05, 0) is 29.8 Å². The van der Waals surface area contributed by atoms with Gasteiger partial charge in [0.15, 0.2) is 0 Å². The third-order valence-corrected chi connectivity index (χ3v) is 3.49. The standard InChI is InChI=1S/C16H13N3O/c1-19-15(12-6-4-5-11(9-12)10-17)18-14-8-3-2-7-13(14)16(19)20/h2-9,15,18H,1H3. The molecule has 0 aliphatic carbocycles. The van der Waals surface area contributed by atoms with Gasteiger partial charge < -0.3 is 10.2 Å². The summed E-state index contributed by atoms with van der Waals surface area (Å²) in [6.45, 7) is 0. The van der Waals surface area contributed by atoms with Gasteiger partial charge in [0.25, 0.3) is 5.91 Å². The molecular weight excluding hydrogens is 250 g/mol. The molecule has 0 saturated carbocycles. The average Bonchev–Trinajstić information content (AvgIpc) is 2.51. The summed E-state index contributed by atoms with van der Waals surface area (Å²) in [6, 6.07) is 16.9. The molecule has 0 bridgehead atoms. The van der Waals surface area contributed by atoms with Crippen molar-refractivity contribution in [2.45, 2.75) is 6.17 Å². The summed E-state index contributed by atoms with van der Waals surface area (Å²) >= 11 is 0. The van der Waals surface area contributed by atoms with Crippen LogP contribution in [0.25, 0.3) is 0 Å². The highest BCUT2D eigenvalue weighted by molar-refractivity contribution is 6.01. The number of hydrogen-bond acceptors (Lipinski definition) is 3. The van der Waals surface area contributed by atoms with Crippen molar-refractivity contribution in [3.8, 4) is 6.07 Å². The lowest BCUT2D eigenvalue weighted by Crippen LogP contribution is -2.40. The van der Waals surface area contributed by atoms with Crippen molar-refractivity contribution in [2.75, 3.05) is 12.4 Å². The van der Waals surface area contributed by atoms with Crippen molar-refractivity contribution in [1.82, 2.24) is 4.90 Å². The number of anilines is 1. The number of nitriles is 1. The van der Waals surface area contributed by atoms with Gasteiger partial charge >= 0.3 is 0 Å². The lowest BCUT2D eigenvalue weighted by atomic mass is 10.0. The third-order valence-electron chi connectivity index (χ3n) is 3.49. The number of nitrogens with zero attached hydrogens (tertiary/aromatic N) is 2. The zero-order valence-corrected chi connectivity index (χ0v) is 11.0. The maximum Gasteiger partial charge on any atom is 0.257 e. The van der Waals surface area contributed by atoms with E-state index in [0.29, 0.717) is 11.1 Å². The number of para-hydroxylation sites is 1. The quantitative estimate of drug-likeness (QED) is 0.860. The molecule has 0 aromatic heterocycles. The lowest BCUT2D eigenvalue weighted by molar-refractivity contribution is 0.0735. The number of carbonyl (C=O) groups excluding carboxylic acids is 1. The number of rotatable bonds is 1. The SMILES string of the molecule is CN1C(=O)c2ccccc2NC1c1cccc(C#N)c1. The van der Waals surface area contributed by atoms with Gasteiger partial charge in [0.2, 0.25) is 0 Å². The van der Waals surface area contributed by atoms with Crippen LogP contribution in [0.15, 0.2) is 48.5 Å². The summed E-state index contributed by atoms with van der Waals surface area (Å²) in [5, 5.41) is 12.3. The molecule has 1 heterocycles. The Morgan fingerprint density at radius 3 is 2.80 bits per heavy atom. The second-order valence-electron chi connectivity index (χ2n) is 4.75. The van der Waals surface area contributed by atoms with Crippen LogP contribution in [0.2, 0.25) is 0 Å². The minimum Gasteiger partial charge on any atom is -0.361 e. The first-order chi connectivity index (χ1) is 9.70. The minimum atomic E-state index is -0.259. The molecule has 4 heteroatoms. The van der Waals surface area contributed by atoms with E-state index in [4.69, 9.17) is 5.26 Å². The fourth-order valence-electron chi connectivity index (χ4n) is 2.43. The van der Waals surface area contributed by atoms with E-state index in [1.54, 1.807) is 24.1 Å². The predicted octanol–water partition coefficient (Wildman–Crippen LogP) is 2.75. The Labute approximate surface area is 117 Å². The number of benzene rings is 2. The number of fused-ring (bicyclic) bond motifs is 1. The Hall–Kier alpha value is -2.80. The van der Waals surface area contributed by atoms with Gasteiger partial charge in [-0.3, -0.25) is 4.79 Å². The summed E-state index contributed by atoms with van der Waals surface area (Å²) < 4.78 is 0. The topological polar surface area (TPSA) is 56.1 Å². The molecule has 20 heavy (non-hydrogen) atoms. The molecule has 1 aliphatic heterocycles. The van der Waals surface area contributed by atoms with Crippen LogP contribution in [0.3, 0.4) is 0 Å². The van der Waals surface area contributed by atoms with Gasteiger partial charge in [-0.2, -0.15) is 5.26 Å². The van der Waals surface area contributed by atoms with Crippen molar-refractivity contribution in [2.24, 2.45) is 0 Å². The van der Waals surface area contributed by atoms with Crippen molar-refractivity contribution >= 4 is 11.6 Å². The molecule has 1 aliphatic rings. The summed E-state index contributed by atoms with van der Waals surface area (Å²) in [6.07, 6.45) is -0.259. The second-order valence-corrected chi connectivity index (χ2v) is 4.75. The first-order valence-corrected chi connectivity index (χ1v) is 6.33. The maximum absolute atomic E-state index is 12.4. The number of amides is 1. The van der Waals surface area contributed by atoms with E-state index in [1.807, 2.05) is 36.4 Å². The van der Waals surface area contributed by atoms with E-state index in [-0.39, 0.29) is 12.1 Å². The van der Waals surface area contributed by atoms with Crippen LogP contribution >= 0.6 is 0 Å². The van der Waals surface area contributed by atoms with Crippen LogP contribution in [0.5, 0.6) is 0 Å². The molecule has 2 aromatic carbocycles. The first kappa shape index (κ1) is 12.2. The van der Waals surface area contributed by atoms with Gasteiger partial charge in [0, 0.05) is 12.7 Å². The van der Waals surface area contributed by atoms with Crippen LogP contribution < -0.4 is 5.32 Å². The molecule has 1 N–H and O–H groups in total. The zero-order chi connectivity index (χ0) is 14.1. The van der Waals surface area contributed by atoms with Gasteiger partial charge in [0.05, 0.1) is 17.2 Å². The van der Waals surface area contributed by atoms with E-state index < -0.39 is 0 Å². The third kappa shape index (κ3) is 1.90. The predicted molar refractivity (Wildman–Crippen MR) is 76.1 cm³/mol. The Kier molecular flexibility index (Phi) is 2.88. The Morgan fingerprint density at radius 1 is 1.20 bits per heavy atom. The lowest BCUT2D eigenvalue weighted by Gasteiger charge is -2.35. The van der Waals surface area contributed by atoms with E-state index in [1.165, 1.54) is 0 Å². The number of hydrogen-bond donors (Lipinski definition) is 1. The molecule has 0 radical (unpaired) electrons. The van der Waals surface area contributed by atoms with Crippen molar-refractivity contribution in [3.63, 3.8) is 0 Å². The second kappa shape index (κ2) is 4.71. The number of nitrogens with one attached hydrogen (secondary N) is 1. The van der Waals surface area contributed by atoms with Gasteiger partial charge in [0.1, 0.15) is 6.17 Å². The average molecular weight is 263 g/mol. The molecule has 1 atom stereocenters. The fraction of sp³-hybridized carbons (Fsp3) is 0.125. The maximum atomic E-state index is 12.4. The molecule has 1 unspecified atom stereocenters. The van der Waals surface area contributed by atoms with Crippen LogP contribution in [0.4, 0.5) is 5.69 Å². The molecule has 3 rings (SSSR count). The molecule has 2 aromatic rings. The smallest absolute Gasteiger partial charge is 0.257 e. The highest BCUT2D eigenvalue weighted by atomic mass is 16.2. The largest absolute Gasteiger partial charge is 0.361 e. The highest BCUT2D eigenvalue weighted by Gasteiger charge is 2.29. The Morgan fingerprint density at radius 2 is 2.00 bits per heavy atom. The molecule has 1 amide bonds. The van der Waals surface area contributed by atoms with Crippen LogP contribution in [-0.4, -0.2) is 17.9 Å². The van der Waals surface area contributed by atoms with Gasteiger partial charge in [-0.1, -0.05) is 24.3 Å². The van der Waals surface area contributed by atoms with Crippen molar-refractivity contribution in [3.05, 3.63) is 65.2 Å². The molecule has 98 valence electrons. The van der Waals surface area contributed by atoms with E-state index in [2.05, 4.69) is 11.4 Å². The fourth-order valence-corrected chi connectivity index (χ4v) is 2.43. The monoisotopic (exact) mass is 263 g/mol. The first-order valence-electron chi connectivity index (χ1n) is 6.33. The molecular formula is C16H13N3O. The zero-order valence-electron chi connectivity index (χ0n) is 11.0. The summed E-state index contributed by atoms with van der Waals surface area (Å²) in [5.74, 6) is -0.0216. The molecule has 0 fully saturated rings. The van der Waals surface area contributed by atoms with Crippen LogP contribution in [0, 0.1) is 11.3 Å². The Bertz CT molecular complexity index is 718.